The number of benzene rings is 3. The van der Waals surface area contributed by atoms with E-state index in [1.165, 1.54) is 7.05 Å². The number of fused-ring (bicyclic) bond motifs is 1. The molecule has 1 heterocycles. The summed E-state index contributed by atoms with van der Waals surface area (Å²) in [5.74, 6) is 1.37. The monoisotopic (exact) mass is 427 g/mol. The van der Waals surface area contributed by atoms with E-state index in [9.17, 15) is 8.42 Å². The van der Waals surface area contributed by atoms with Crippen LogP contribution >= 0.6 is 11.6 Å². The summed E-state index contributed by atoms with van der Waals surface area (Å²) < 4.78 is 32.8. The molecule has 0 atom stereocenters. The molecule has 1 aromatic heterocycles. The molecule has 0 unspecified atom stereocenters. The smallest absolute Gasteiger partial charge is 0.240 e. The standard InChI is InChI=1S/C21H18ClN3O3S/c1-23-29(26,27)20-5-3-2-4-17(20)14-6-11-18-19(12-14)25-21(24-18)13-28-16-9-7-15(22)8-10-16/h2-12,23H,13H2,1H3,(H,24,25). The summed E-state index contributed by atoms with van der Waals surface area (Å²) in [7, 11) is -2.18. The Morgan fingerprint density at radius 1 is 1.07 bits per heavy atom. The minimum Gasteiger partial charge on any atom is -0.486 e. The van der Waals surface area contributed by atoms with Crippen molar-refractivity contribution >= 4 is 32.7 Å². The molecule has 0 spiro atoms. The highest BCUT2D eigenvalue weighted by molar-refractivity contribution is 7.89. The molecular formula is C21H18ClN3O3S. The van der Waals surface area contributed by atoms with Gasteiger partial charge < -0.3 is 9.72 Å². The molecule has 29 heavy (non-hydrogen) atoms. The third kappa shape index (κ3) is 4.12. The number of nitrogens with zero attached hydrogens (tertiary/aromatic N) is 1. The number of aromatic amines is 1. The molecule has 0 radical (unpaired) electrons. The van der Waals surface area contributed by atoms with Crippen molar-refractivity contribution in [1.82, 2.24) is 14.7 Å². The van der Waals surface area contributed by atoms with Crippen molar-refractivity contribution in [3.05, 3.63) is 77.6 Å². The Morgan fingerprint density at radius 3 is 2.59 bits per heavy atom. The van der Waals surface area contributed by atoms with Gasteiger partial charge in [-0.2, -0.15) is 0 Å². The van der Waals surface area contributed by atoms with Gasteiger partial charge in [-0.25, -0.2) is 18.1 Å². The van der Waals surface area contributed by atoms with Gasteiger partial charge in [0.05, 0.1) is 15.9 Å². The molecule has 6 nitrogen and oxygen atoms in total. The number of hydrogen-bond donors (Lipinski definition) is 2. The Bertz CT molecular complexity index is 1270. The van der Waals surface area contributed by atoms with Gasteiger partial charge in [0.1, 0.15) is 18.2 Å². The molecule has 148 valence electrons. The maximum Gasteiger partial charge on any atom is 0.240 e. The zero-order chi connectivity index (χ0) is 20.4. The van der Waals surface area contributed by atoms with E-state index < -0.39 is 10.0 Å². The zero-order valence-electron chi connectivity index (χ0n) is 15.5. The maximum atomic E-state index is 12.3. The second-order valence-electron chi connectivity index (χ2n) is 6.36. The molecule has 0 aliphatic heterocycles. The van der Waals surface area contributed by atoms with Crippen LogP contribution in [0.3, 0.4) is 0 Å². The molecule has 8 heteroatoms. The van der Waals surface area contributed by atoms with Gasteiger partial charge in [0.2, 0.25) is 10.0 Å². The highest BCUT2D eigenvalue weighted by Crippen LogP contribution is 2.29. The Kier molecular flexibility index (Phi) is 5.27. The molecule has 4 rings (SSSR count). The van der Waals surface area contributed by atoms with Crippen LogP contribution in [0.1, 0.15) is 5.82 Å². The molecular weight excluding hydrogens is 410 g/mol. The average molecular weight is 428 g/mol. The summed E-state index contributed by atoms with van der Waals surface area (Å²) in [5.41, 5.74) is 2.96. The van der Waals surface area contributed by atoms with E-state index in [2.05, 4.69) is 14.7 Å². The summed E-state index contributed by atoms with van der Waals surface area (Å²) in [6.45, 7) is 0.274. The average Bonchev–Trinajstić information content (AvgIpc) is 3.15. The SMILES string of the molecule is CNS(=O)(=O)c1ccccc1-c1ccc2[nH]c(COc3ccc(Cl)cc3)nc2c1. The quantitative estimate of drug-likeness (QED) is 0.478. The minimum atomic E-state index is -3.58. The fourth-order valence-corrected chi connectivity index (χ4v) is 4.11. The summed E-state index contributed by atoms with van der Waals surface area (Å²) in [6.07, 6.45) is 0. The third-order valence-electron chi connectivity index (χ3n) is 4.48. The highest BCUT2D eigenvalue weighted by atomic mass is 35.5. The molecule has 2 N–H and O–H groups in total. The van der Waals surface area contributed by atoms with Gasteiger partial charge in [-0.15, -0.1) is 0 Å². The number of imidazole rings is 1. The number of nitrogens with one attached hydrogen (secondary N) is 2. The number of aromatic nitrogens is 2. The van der Waals surface area contributed by atoms with E-state index in [0.717, 1.165) is 16.6 Å². The molecule has 0 aliphatic carbocycles. The second-order valence-corrected chi connectivity index (χ2v) is 8.65. The molecule has 0 saturated carbocycles. The summed E-state index contributed by atoms with van der Waals surface area (Å²) in [4.78, 5) is 8.02. The molecule has 0 saturated heterocycles. The van der Waals surface area contributed by atoms with Crippen molar-refractivity contribution in [2.24, 2.45) is 0 Å². The predicted molar refractivity (Wildman–Crippen MR) is 114 cm³/mol. The zero-order valence-corrected chi connectivity index (χ0v) is 17.1. The van der Waals surface area contributed by atoms with Gasteiger partial charge >= 0.3 is 0 Å². The van der Waals surface area contributed by atoms with Crippen LogP contribution in [0.15, 0.2) is 71.6 Å². The van der Waals surface area contributed by atoms with Crippen LogP contribution in [-0.2, 0) is 16.6 Å². The first-order valence-electron chi connectivity index (χ1n) is 8.86. The van der Waals surface area contributed by atoms with Gasteiger partial charge in [-0.1, -0.05) is 35.9 Å². The van der Waals surface area contributed by atoms with Crippen molar-refractivity contribution in [1.29, 1.82) is 0 Å². The lowest BCUT2D eigenvalue weighted by Gasteiger charge is -2.09. The number of hydrogen-bond acceptors (Lipinski definition) is 4. The lowest BCUT2D eigenvalue weighted by Crippen LogP contribution is -2.19. The number of H-pyrrole nitrogens is 1. The molecule has 3 aromatic carbocycles. The number of rotatable bonds is 6. The lowest BCUT2D eigenvalue weighted by atomic mass is 10.1. The summed E-state index contributed by atoms with van der Waals surface area (Å²) in [6, 6.07) is 19.6. The van der Waals surface area contributed by atoms with Crippen LogP contribution in [0.5, 0.6) is 5.75 Å². The molecule has 4 aromatic rings. The van der Waals surface area contributed by atoms with Crippen molar-refractivity contribution < 1.29 is 13.2 Å². The number of ether oxygens (including phenoxy) is 1. The Morgan fingerprint density at radius 2 is 1.83 bits per heavy atom. The fraction of sp³-hybridized carbons (Fsp3) is 0.0952. The Hall–Kier alpha value is -2.87. The maximum absolute atomic E-state index is 12.3. The van der Waals surface area contributed by atoms with Crippen LogP contribution in [0, 0.1) is 0 Å². The van der Waals surface area contributed by atoms with Crippen LogP contribution in [0.4, 0.5) is 0 Å². The van der Waals surface area contributed by atoms with Crippen molar-refractivity contribution in [2.75, 3.05) is 7.05 Å². The largest absolute Gasteiger partial charge is 0.486 e. The first-order chi connectivity index (χ1) is 14.0. The van der Waals surface area contributed by atoms with Crippen LogP contribution < -0.4 is 9.46 Å². The molecule has 0 aliphatic rings. The van der Waals surface area contributed by atoms with Crippen molar-refractivity contribution in [2.45, 2.75) is 11.5 Å². The molecule has 0 fully saturated rings. The van der Waals surface area contributed by atoms with E-state index in [1.807, 2.05) is 24.3 Å². The van der Waals surface area contributed by atoms with Gasteiger partial charge in [0.15, 0.2) is 0 Å². The number of sulfonamides is 1. The van der Waals surface area contributed by atoms with E-state index in [-0.39, 0.29) is 11.5 Å². The van der Waals surface area contributed by atoms with Gasteiger partial charge in [-0.3, -0.25) is 0 Å². The molecule has 0 amide bonds. The Balaban J connectivity index is 1.63. The third-order valence-corrected chi connectivity index (χ3v) is 6.20. The van der Waals surface area contributed by atoms with E-state index in [0.29, 0.717) is 22.2 Å². The first-order valence-corrected chi connectivity index (χ1v) is 10.7. The van der Waals surface area contributed by atoms with Crippen LogP contribution in [0.2, 0.25) is 5.02 Å². The van der Waals surface area contributed by atoms with Crippen molar-refractivity contribution in [3.63, 3.8) is 0 Å². The van der Waals surface area contributed by atoms with Crippen molar-refractivity contribution in [3.8, 4) is 16.9 Å². The first kappa shape index (κ1) is 19.4. The van der Waals surface area contributed by atoms with Gasteiger partial charge in [0, 0.05) is 10.6 Å². The fourth-order valence-electron chi connectivity index (χ4n) is 3.03. The topological polar surface area (TPSA) is 84.1 Å². The lowest BCUT2D eigenvalue weighted by molar-refractivity contribution is 0.297. The normalized spacial score (nSPS) is 11.7. The van der Waals surface area contributed by atoms with Gasteiger partial charge in [-0.05, 0) is 55.1 Å². The van der Waals surface area contributed by atoms with E-state index >= 15 is 0 Å². The molecule has 0 bridgehead atoms. The summed E-state index contributed by atoms with van der Waals surface area (Å²) >= 11 is 5.88. The highest BCUT2D eigenvalue weighted by Gasteiger charge is 2.17. The van der Waals surface area contributed by atoms with E-state index in [4.69, 9.17) is 16.3 Å². The van der Waals surface area contributed by atoms with E-state index in [1.54, 1.807) is 42.5 Å². The summed E-state index contributed by atoms with van der Waals surface area (Å²) in [5, 5.41) is 0.647. The second kappa shape index (κ2) is 7.87. The van der Waals surface area contributed by atoms with Crippen LogP contribution in [0.25, 0.3) is 22.2 Å². The predicted octanol–water partition coefficient (Wildman–Crippen LogP) is 4.37. The Labute approximate surface area is 173 Å². The van der Waals surface area contributed by atoms with Gasteiger partial charge in [0.25, 0.3) is 0 Å². The minimum absolute atomic E-state index is 0.226. The van der Waals surface area contributed by atoms with Crippen LogP contribution in [-0.4, -0.2) is 25.4 Å². The number of halogens is 1.